The van der Waals surface area contributed by atoms with E-state index in [4.69, 9.17) is 16.7 Å². The highest BCUT2D eigenvalue weighted by Gasteiger charge is 2.36. The molecule has 3 aromatic rings. The minimum atomic E-state index is -1.09. The van der Waals surface area contributed by atoms with Gasteiger partial charge in [0, 0.05) is 16.1 Å². The molecule has 0 fully saturated rings. The van der Waals surface area contributed by atoms with Crippen molar-refractivity contribution in [1.82, 2.24) is 4.90 Å². The van der Waals surface area contributed by atoms with E-state index in [0.29, 0.717) is 5.02 Å². The van der Waals surface area contributed by atoms with Crippen LogP contribution < -0.4 is 0 Å². The Morgan fingerprint density at radius 3 is 1.97 bits per heavy atom. The molecule has 0 saturated carbocycles. The van der Waals surface area contributed by atoms with Gasteiger partial charge in [0.05, 0.1) is 23.2 Å². The number of aromatic carboxylic acids is 1. The third-order valence-electron chi connectivity index (χ3n) is 4.88. The molecule has 2 amide bonds. The Bertz CT molecular complexity index is 1200. The number of carbonyl (C=O) groups excluding carboxylic acids is 3. The predicted octanol–water partition coefficient (Wildman–Crippen LogP) is 4.07. The summed E-state index contributed by atoms with van der Waals surface area (Å²) in [6.07, 6.45) is 0. The minimum Gasteiger partial charge on any atom is -0.478 e. The number of hydrogen-bond acceptors (Lipinski definition) is 4. The second-order valence-corrected chi connectivity index (χ2v) is 7.23. The van der Waals surface area contributed by atoms with Gasteiger partial charge in [-0.3, -0.25) is 19.3 Å². The molecule has 1 N–H and O–H groups in total. The summed E-state index contributed by atoms with van der Waals surface area (Å²) in [4.78, 5) is 50.3. The molecular formula is C23H14ClNO5. The maximum absolute atomic E-state index is 12.8. The predicted molar refractivity (Wildman–Crippen MR) is 109 cm³/mol. The molecule has 0 aliphatic carbocycles. The molecule has 0 aromatic heterocycles. The second kappa shape index (κ2) is 7.57. The smallest absolute Gasteiger partial charge is 0.335 e. The minimum absolute atomic E-state index is 0.0686. The van der Waals surface area contributed by atoms with E-state index >= 15 is 0 Å². The molecule has 6 nitrogen and oxygen atoms in total. The number of carboxylic acid groups (broad SMARTS) is 1. The molecule has 1 heterocycles. The van der Waals surface area contributed by atoms with E-state index in [1.54, 1.807) is 24.3 Å². The van der Waals surface area contributed by atoms with Gasteiger partial charge in [0.15, 0.2) is 5.78 Å². The number of ketones is 1. The first-order valence-electron chi connectivity index (χ1n) is 8.98. The first-order chi connectivity index (χ1) is 14.3. The number of carboxylic acids is 1. The molecule has 0 radical (unpaired) electrons. The van der Waals surface area contributed by atoms with Crippen LogP contribution in [-0.4, -0.2) is 33.6 Å². The Kier molecular flexibility index (Phi) is 4.93. The Balaban J connectivity index is 1.60. The summed E-state index contributed by atoms with van der Waals surface area (Å²) in [6.45, 7) is 0.101. The van der Waals surface area contributed by atoms with E-state index in [1.807, 2.05) is 0 Å². The zero-order chi connectivity index (χ0) is 21.4. The standard InChI is InChI=1S/C23H14ClNO5/c24-17-8-1-13(2-9-17)12-25-21(27)18-10-7-16(11-19(18)22(25)28)20(26)14-3-5-15(6-4-14)23(29)30/h1-11H,12H2,(H,29,30). The van der Waals surface area contributed by atoms with Crippen molar-refractivity contribution in [3.63, 3.8) is 0 Å². The second-order valence-electron chi connectivity index (χ2n) is 6.79. The number of fused-ring (bicyclic) bond motifs is 1. The molecular weight excluding hydrogens is 406 g/mol. The summed E-state index contributed by atoms with van der Waals surface area (Å²) < 4.78 is 0. The van der Waals surface area contributed by atoms with Gasteiger partial charge in [-0.2, -0.15) is 0 Å². The van der Waals surface area contributed by atoms with Gasteiger partial charge in [-0.15, -0.1) is 0 Å². The van der Waals surface area contributed by atoms with Gasteiger partial charge in [-0.05, 0) is 42.0 Å². The summed E-state index contributed by atoms with van der Waals surface area (Å²) in [5, 5.41) is 9.53. The van der Waals surface area contributed by atoms with Crippen LogP contribution in [0.1, 0.15) is 52.6 Å². The van der Waals surface area contributed by atoms with Crippen LogP contribution in [0.4, 0.5) is 0 Å². The van der Waals surface area contributed by atoms with Gasteiger partial charge in [0.25, 0.3) is 11.8 Å². The fourth-order valence-corrected chi connectivity index (χ4v) is 3.40. The van der Waals surface area contributed by atoms with Crippen molar-refractivity contribution in [3.8, 4) is 0 Å². The van der Waals surface area contributed by atoms with E-state index in [2.05, 4.69) is 0 Å². The van der Waals surface area contributed by atoms with Crippen molar-refractivity contribution in [2.45, 2.75) is 6.54 Å². The zero-order valence-electron chi connectivity index (χ0n) is 15.5. The highest BCUT2D eigenvalue weighted by molar-refractivity contribution is 6.30. The topological polar surface area (TPSA) is 91.8 Å². The molecule has 1 aliphatic heterocycles. The Morgan fingerprint density at radius 1 is 0.767 bits per heavy atom. The zero-order valence-corrected chi connectivity index (χ0v) is 16.2. The van der Waals surface area contributed by atoms with Gasteiger partial charge in [-0.1, -0.05) is 41.9 Å². The number of nitrogens with zero attached hydrogens (tertiary/aromatic N) is 1. The number of benzene rings is 3. The Hall–Kier alpha value is -3.77. The summed E-state index contributed by atoms with van der Waals surface area (Å²) in [5.74, 6) is -2.35. The van der Waals surface area contributed by atoms with E-state index in [-0.39, 0.29) is 40.1 Å². The third-order valence-corrected chi connectivity index (χ3v) is 5.13. The van der Waals surface area contributed by atoms with E-state index in [1.165, 1.54) is 42.5 Å². The van der Waals surface area contributed by atoms with Crippen LogP contribution in [0.15, 0.2) is 66.7 Å². The molecule has 0 saturated heterocycles. The number of halogens is 1. The van der Waals surface area contributed by atoms with Crippen LogP contribution in [0.2, 0.25) is 5.02 Å². The molecule has 7 heteroatoms. The molecule has 30 heavy (non-hydrogen) atoms. The average molecular weight is 420 g/mol. The number of rotatable bonds is 5. The SMILES string of the molecule is O=C(O)c1ccc(C(=O)c2ccc3c(c2)C(=O)N(Cc2ccc(Cl)cc2)C3=O)cc1. The van der Waals surface area contributed by atoms with Crippen molar-refractivity contribution in [2.24, 2.45) is 0 Å². The molecule has 0 unspecified atom stereocenters. The van der Waals surface area contributed by atoms with E-state index in [0.717, 1.165) is 10.5 Å². The molecule has 1 aliphatic rings. The quantitative estimate of drug-likeness (QED) is 0.497. The first kappa shape index (κ1) is 19.5. The van der Waals surface area contributed by atoms with Crippen LogP contribution in [0.3, 0.4) is 0 Å². The van der Waals surface area contributed by atoms with E-state index in [9.17, 15) is 19.2 Å². The van der Waals surface area contributed by atoms with Gasteiger partial charge in [0.2, 0.25) is 0 Å². The van der Waals surface area contributed by atoms with Crippen molar-refractivity contribution in [3.05, 3.63) is 105 Å². The highest BCUT2D eigenvalue weighted by atomic mass is 35.5. The van der Waals surface area contributed by atoms with Crippen molar-refractivity contribution < 1.29 is 24.3 Å². The van der Waals surface area contributed by atoms with Gasteiger partial charge in [-0.25, -0.2) is 4.79 Å². The summed E-state index contributed by atoms with van der Waals surface area (Å²) in [7, 11) is 0. The van der Waals surface area contributed by atoms with Gasteiger partial charge >= 0.3 is 5.97 Å². The van der Waals surface area contributed by atoms with Crippen LogP contribution in [0.5, 0.6) is 0 Å². The first-order valence-corrected chi connectivity index (χ1v) is 9.35. The Morgan fingerprint density at radius 2 is 1.33 bits per heavy atom. The molecule has 0 bridgehead atoms. The van der Waals surface area contributed by atoms with Crippen molar-refractivity contribution in [2.75, 3.05) is 0 Å². The largest absolute Gasteiger partial charge is 0.478 e. The number of hydrogen-bond donors (Lipinski definition) is 1. The Labute approximate surface area is 176 Å². The lowest BCUT2D eigenvalue weighted by Gasteiger charge is -2.13. The molecule has 0 spiro atoms. The number of amides is 2. The fourth-order valence-electron chi connectivity index (χ4n) is 3.28. The number of carbonyl (C=O) groups is 4. The molecule has 148 valence electrons. The van der Waals surface area contributed by atoms with Crippen LogP contribution >= 0.6 is 11.6 Å². The summed E-state index contributed by atoms with van der Waals surface area (Å²) in [6, 6.07) is 16.7. The molecule has 0 atom stereocenters. The third kappa shape index (κ3) is 3.49. The lowest BCUT2D eigenvalue weighted by molar-refractivity contribution is 0.0639. The number of imide groups is 1. The average Bonchev–Trinajstić information content (AvgIpc) is 2.99. The lowest BCUT2D eigenvalue weighted by Crippen LogP contribution is -2.29. The lowest BCUT2D eigenvalue weighted by atomic mass is 9.98. The molecule has 4 rings (SSSR count). The van der Waals surface area contributed by atoms with Crippen molar-refractivity contribution >= 4 is 35.2 Å². The maximum atomic E-state index is 12.8. The van der Waals surface area contributed by atoms with Crippen molar-refractivity contribution in [1.29, 1.82) is 0 Å². The van der Waals surface area contributed by atoms with Crippen LogP contribution in [0, 0.1) is 0 Å². The summed E-state index contributed by atoms with van der Waals surface area (Å²) in [5.41, 5.74) is 1.76. The fraction of sp³-hybridized carbons (Fsp3) is 0.0435. The van der Waals surface area contributed by atoms with Gasteiger partial charge in [0.1, 0.15) is 0 Å². The van der Waals surface area contributed by atoms with Crippen LogP contribution in [-0.2, 0) is 6.54 Å². The maximum Gasteiger partial charge on any atom is 0.335 e. The highest BCUT2D eigenvalue weighted by Crippen LogP contribution is 2.27. The summed E-state index contributed by atoms with van der Waals surface area (Å²) >= 11 is 5.87. The van der Waals surface area contributed by atoms with Gasteiger partial charge < -0.3 is 5.11 Å². The molecule has 3 aromatic carbocycles. The van der Waals surface area contributed by atoms with Crippen LogP contribution in [0.25, 0.3) is 0 Å². The monoisotopic (exact) mass is 419 g/mol. The normalized spacial score (nSPS) is 12.8. The van der Waals surface area contributed by atoms with E-state index < -0.39 is 17.8 Å².